The Hall–Kier alpha value is -3.51. The predicted octanol–water partition coefficient (Wildman–Crippen LogP) is 5.85. The van der Waals surface area contributed by atoms with Gasteiger partial charge in [-0.3, -0.25) is 4.79 Å². The molecule has 1 aromatic heterocycles. The van der Waals surface area contributed by atoms with Crippen molar-refractivity contribution < 1.29 is 14.3 Å². The van der Waals surface area contributed by atoms with Gasteiger partial charge in [-0.25, -0.2) is 4.98 Å². The molecule has 1 amide bonds. The van der Waals surface area contributed by atoms with Gasteiger partial charge in [-0.05, 0) is 73.4 Å². The van der Waals surface area contributed by atoms with Gasteiger partial charge in [0.05, 0.1) is 17.6 Å². The van der Waals surface area contributed by atoms with Crippen molar-refractivity contribution in [2.24, 2.45) is 0 Å². The van der Waals surface area contributed by atoms with E-state index in [0.717, 1.165) is 54.8 Å². The molecule has 1 heterocycles. The predicted molar refractivity (Wildman–Crippen MR) is 144 cm³/mol. The number of aryl methyl sites for hydroxylation is 3. The Morgan fingerprint density at radius 1 is 0.944 bits per heavy atom. The number of nitrogens with one attached hydrogen (secondary N) is 1. The number of amides is 1. The number of nitrogens with zero attached hydrogens (tertiary/aromatic N) is 2. The van der Waals surface area contributed by atoms with Gasteiger partial charge in [0.1, 0.15) is 17.3 Å². The minimum absolute atomic E-state index is 0.0265. The molecule has 0 fully saturated rings. The third-order valence-electron chi connectivity index (χ3n) is 5.94. The van der Waals surface area contributed by atoms with Gasteiger partial charge in [0.2, 0.25) is 0 Å². The van der Waals surface area contributed by atoms with Crippen molar-refractivity contribution in [2.75, 3.05) is 19.8 Å². The number of carbonyl (C=O) groups is 1. The van der Waals surface area contributed by atoms with Gasteiger partial charge < -0.3 is 19.4 Å². The lowest BCUT2D eigenvalue weighted by Crippen LogP contribution is -2.30. The molecule has 188 valence electrons. The van der Waals surface area contributed by atoms with E-state index in [1.807, 2.05) is 30.3 Å². The van der Waals surface area contributed by atoms with E-state index in [2.05, 4.69) is 35.0 Å². The van der Waals surface area contributed by atoms with Crippen molar-refractivity contribution in [3.63, 3.8) is 0 Å². The summed E-state index contributed by atoms with van der Waals surface area (Å²) in [5, 5.41) is 3.55. The second-order valence-electron chi connectivity index (χ2n) is 8.56. The van der Waals surface area contributed by atoms with Crippen LogP contribution in [0.5, 0.6) is 11.5 Å². The number of imidazole rings is 1. The summed E-state index contributed by atoms with van der Waals surface area (Å²) in [6.07, 6.45) is 3.46. The molecule has 36 heavy (non-hydrogen) atoms. The Morgan fingerprint density at radius 2 is 1.67 bits per heavy atom. The van der Waals surface area contributed by atoms with Crippen LogP contribution in [0.15, 0.2) is 72.8 Å². The van der Waals surface area contributed by atoms with Crippen molar-refractivity contribution in [1.82, 2.24) is 14.9 Å². The molecule has 3 aromatic carbocycles. The molecule has 0 bridgehead atoms. The van der Waals surface area contributed by atoms with Gasteiger partial charge in [0, 0.05) is 24.5 Å². The average Bonchev–Trinajstić information content (AvgIpc) is 3.26. The molecule has 0 aliphatic carbocycles. The Morgan fingerprint density at radius 3 is 2.44 bits per heavy atom. The van der Waals surface area contributed by atoms with Crippen LogP contribution in [0.3, 0.4) is 0 Å². The molecule has 0 radical (unpaired) electrons. The second kappa shape index (κ2) is 13.0. The molecule has 0 aliphatic heterocycles. The summed E-state index contributed by atoms with van der Waals surface area (Å²) in [6, 6.07) is 23.4. The van der Waals surface area contributed by atoms with E-state index < -0.39 is 0 Å². The molecule has 1 N–H and O–H groups in total. The van der Waals surface area contributed by atoms with Crippen LogP contribution in [0.1, 0.15) is 31.2 Å². The second-order valence-corrected chi connectivity index (χ2v) is 9.00. The monoisotopic (exact) mass is 505 g/mol. The maximum atomic E-state index is 12.1. The van der Waals surface area contributed by atoms with Crippen LogP contribution >= 0.6 is 11.6 Å². The zero-order valence-corrected chi connectivity index (χ0v) is 21.3. The minimum atomic E-state index is -0.150. The first-order valence-corrected chi connectivity index (χ1v) is 12.8. The third-order valence-corrected chi connectivity index (χ3v) is 6.19. The fraction of sp³-hybridized carbons (Fsp3) is 0.310. The van der Waals surface area contributed by atoms with E-state index in [1.54, 1.807) is 24.3 Å². The molecule has 0 atom stereocenters. The maximum Gasteiger partial charge on any atom is 0.257 e. The van der Waals surface area contributed by atoms with Gasteiger partial charge in [-0.2, -0.15) is 0 Å². The van der Waals surface area contributed by atoms with Crippen molar-refractivity contribution in [3.05, 3.63) is 89.2 Å². The summed E-state index contributed by atoms with van der Waals surface area (Å²) in [4.78, 5) is 17.0. The van der Waals surface area contributed by atoms with Crippen molar-refractivity contribution in [2.45, 2.75) is 39.2 Å². The molecule has 0 unspecified atom stereocenters. The fourth-order valence-corrected chi connectivity index (χ4v) is 4.13. The summed E-state index contributed by atoms with van der Waals surface area (Å²) in [5.74, 6) is 2.39. The van der Waals surface area contributed by atoms with Gasteiger partial charge in [-0.1, -0.05) is 42.8 Å². The van der Waals surface area contributed by atoms with Crippen molar-refractivity contribution in [3.8, 4) is 11.5 Å². The number of para-hydroxylation sites is 2. The number of ether oxygens (including phenoxy) is 2. The maximum absolute atomic E-state index is 12.1. The lowest BCUT2D eigenvalue weighted by molar-refractivity contribution is -0.123. The SMILES string of the molecule is CCc1ccc(OCCCn2c(CCCNC(=O)COc3ccc(Cl)cc3)nc3ccccc32)cc1. The topological polar surface area (TPSA) is 65.4 Å². The average molecular weight is 506 g/mol. The van der Waals surface area contributed by atoms with Gasteiger partial charge in [0.25, 0.3) is 5.91 Å². The number of rotatable bonds is 13. The number of halogens is 1. The summed E-state index contributed by atoms with van der Waals surface area (Å²) >= 11 is 5.87. The number of hydrogen-bond acceptors (Lipinski definition) is 4. The highest BCUT2D eigenvalue weighted by molar-refractivity contribution is 6.30. The number of fused-ring (bicyclic) bond motifs is 1. The van der Waals surface area contributed by atoms with E-state index in [0.29, 0.717) is 23.9 Å². The van der Waals surface area contributed by atoms with E-state index >= 15 is 0 Å². The first kappa shape index (κ1) is 25.6. The van der Waals surface area contributed by atoms with E-state index in [4.69, 9.17) is 26.1 Å². The minimum Gasteiger partial charge on any atom is -0.494 e. The van der Waals surface area contributed by atoms with Crippen molar-refractivity contribution >= 4 is 28.5 Å². The Balaban J connectivity index is 1.24. The molecule has 0 spiro atoms. The summed E-state index contributed by atoms with van der Waals surface area (Å²) in [7, 11) is 0. The third kappa shape index (κ3) is 7.25. The van der Waals surface area contributed by atoms with Gasteiger partial charge >= 0.3 is 0 Å². The Kier molecular flexibility index (Phi) is 9.22. The van der Waals surface area contributed by atoms with Gasteiger partial charge in [0.15, 0.2) is 6.61 Å². The summed E-state index contributed by atoms with van der Waals surface area (Å²) < 4.78 is 13.7. The van der Waals surface area contributed by atoms with Crippen LogP contribution in [0.4, 0.5) is 0 Å². The molecule has 4 rings (SSSR count). The largest absolute Gasteiger partial charge is 0.494 e. The standard InChI is InChI=1S/C29H32ClN3O3/c1-2-22-10-14-24(15-11-22)35-20-6-19-33-27-8-4-3-7-26(27)32-28(33)9-5-18-31-29(34)21-36-25-16-12-23(30)13-17-25/h3-4,7-8,10-17H,2,5-6,9,18-21H2,1H3,(H,31,34). The molecule has 0 aliphatic rings. The zero-order chi connectivity index (χ0) is 25.2. The van der Waals surface area contributed by atoms with E-state index in [1.165, 1.54) is 5.56 Å². The van der Waals surface area contributed by atoms with E-state index in [9.17, 15) is 4.79 Å². The molecule has 4 aromatic rings. The Bertz CT molecular complexity index is 1250. The van der Waals surface area contributed by atoms with Crippen LogP contribution in [0.25, 0.3) is 11.0 Å². The first-order valence-electron chi connectivity index (χ1n) is 12.4. The Labute approximate surface area is 217 Å². The van der Waals surface area contributed by atoms with Crippen LogP contribution in [0, 0.1) is 0 Å². The molecule has 0 saturated carbocycles. The zero-order valence-electron chi connectivity index (χ0n) is 20.6. The van der Waals surface area contributed by atoms with Gasteiger partial charge in [-0.15, -0.1) is 0 Å². The smallest absolute Gasteiger partial charge is 0.257 e. The van der Waals surface area contributed by atoms with Crippen LogP contribution in [-0.4, -0.2) is 35.2 Å². The highest BCUT2D eigenvalue weighted by Crippen LogP contribution is 2.19. The highest BCUT2D eigenvalue weighted by Gasteiger charge is 2.11. The quantitative estimate of drug-likeness (QED) is 0.231. The molecule has 6 nitrogen and oxygen atoms in total. The molecular weight excluding hydrogens is 474 g/mol. The van der Waals surface area contributed by atoms with Crippen LogP contribution < -0.4 is 14.8 Å². The molecule has 7 heteroatoms. The molecular formula is C29H32ClN3O3. The van der Waals surface area contributed by atoms with Crippen LogP contribution in [0.2, 0.25) is 5.02 Å². The normalized spacial score (nSPS) is 10.9. The number of carbonyl (C=O) groups excluding carboxylic acids is 1. The molecule has 0 saturated heterocycles. The van der Waals surface area contributed by atoms with E-state index in [-0.39, 0.29) is 12.5 Å². The lowest BCUT2D eigenvalue weighted by atomic mass is 10.2. The highest BCUT2D eigenvalue weighted by atomic mass is 35.5. The van der Waals surface area contributed by atoms with Crippen molar-refractivity contribution in [1.29, 1.82) is 0 Å². The number of benzene rings is 3. The lowest BCUT2D eigenvalue weighted by Gasteiger charge is -2.11. The fourth-order valence-electron chi connectivity index (χ4n) is 4.00. The van der Waals surface area contributed by atoms with Crippen LogP contribution in [-0.2, 0) is 24.2 Å². The number of hydrogen-bond donors (Lipinski definition) is 1. The summed E-state index contributed by atoms with van der Waals surface area (Å²) in [5.41, 5.74) is 3.42. The summed E-state index contributed by atoms with van der Waals surface area (Å²) in [6.45, 7) is 4.14. The first-order chi connectivity index (χ1) is 17.6. The number of aromatic nitrogens is 2.